The van der Waals surface area contributed by atoms with E-state index in [1.807, 2.05) is 6.92 Å². The van der Waals surface area contributed by atoms with Crippen molar-refractivity contribution in [2.45, 2.75) is 26.3 Å². The summed E-state index contributed by atoms with van der Waals surface area (Å²) in [7, 11) is 0. The van der Waals surface area contributed by atoms with E-state index >= 15 is 0 Å². The zero-order valence-electron chi connectivity index (χ0n) is 13.1. The normalized spacial score (nSPS) is 22.5. The van der Waals surface area contributed by atoms with Gasteiger partial charge in [0.15, 0.2) is 0 Å². The van der Waals surface area contributed by atoms with Gasteiger partial charge in [-0.05, 0) is 25.3 Å². The second kappa shape index (κ2) is 6.93. The summed E-state index contributed by atoms with van der Waals surface area (Å²) in [5.41, 5.74) is 0.180. The molecule has 1 saturated heterocycles. The van der Waals surface area contributed by atoms with Crippen LogP contribution in [0.2, 0.25) is 0 Å². The number of carboxylic acids is 1. The summed E-state index contributed by atoms with van der Waals surface area (Å²) < 4.78 is 26.7. The Labute approximate surface area is 133 Å². The topological polar surface area (TPSA) is 69.6 Å². The SMILES string of the molecule is CC1CC(C(=O)O)CN(C(=O)NC(C)c2ccc(F)cc2F)C1. The number of benzene rings is 1. The van der Waals surface area contributed by atoms with E-state index < -0.39 is 35.6 Å². The summed E-state index contributed by atoms with van der Waals surface area (Å²) in [6.07, 6.45) is 0.529. The first-order chi connectivity index (χ1) is 10.8. The third-order valence-electron chi connectivity index (χ3n) is 4.07. The van der Waals surface area contributed by atoms with Crippen molar-refractivity contribution in [2.75, 3.05) is 13.1 Å². The smallest absolute Gasteiger partial charge is 0.317 e. The van der Waals surface area contributed by atoms with Gasteiger partial charge in [-0.25, -0.2) is 13.6 Å². The molecule has 7 heteroatoms. The second-order valence-electron chi connectivity index (χ2n) is 6.12. The van der Waals surface area contributed by atoms with Crippen LogP contribution in [0.25, 0.3) is 0 Å². The Morgan fingerprint density at radius 2 is 2.04 bits per heavy atom. The molecule has 1 aromatic rings. The number of nitrogens with one attached hydrogen (secondary N) is 1. The monoisotopic (exact) mass is 326 g/mol. The van der Waals surface area contributed by atoms with Crippen molar-refractivity contribution in [2.24, 2.45) is 11.8 Å². The van der Waals surface area contributed by atoms with Crippen molar-refractivity contribution in [3.05, 3.63) is 35.4 Å². The van der Waals surface area contributed by atoms with Gasteiger partial charge in [0, 0.05) is 24.7 Å². The first-order valence-electron chi connectivity index (χ1n) is 7.51. The van der Waals surface area contributed by atoms with Crippen molar-refractivity contribution in [1.29, 1.82) is 0 Å². The average Bonchev–Trinajstić information content (AvgIpc) is 2.46. The fourth-order valence-corrected chi connectivity index (χ4v) is 2.90. The van der Waals surface area contributed by atoms with Crippen LogP contribution in [0.1, 0.15) is 31.9 Å². The van der Waals surface area contributed by atoms with Crippen molar-refractivity contribution >= 4 is 12.0 Å². The van der Waals surface area contributed by atoms with Gasteiger partial charge in [0.1, 0.15) is 11.6 Å². The van der Waals surface area contributed by atoms with E-state index in [2.05, 4.69) is 5.32 Å². The molecular weight excluding hydrogens is 306 g/mol. The van der Waals surface area contributed by atoms with Crippen molar-refractivity contribution in [3.63, 3.8) is 0 Å². The summed E-state index contributed by atoms with van der Waals surface area (Å²) in [5, 5.41) is 11.8. The third kappa shape index (κ3) is 4.18. The van der Waals surface area contributed by atoms with Gasteiger partial charge in [-0.1, -0.05) is 13.0 Å². The number of aliphatic carboxylic acids is 1. The molecule has 0 saturated carbocycles. The number of halogens is 2. The molecule has 0 aromatic heterocycles. The van der Waals surface area contributed by atoms with Crippen molar-refractivity contribution < 1.29 is 23.5 Å². The summed E-state index contributed by atoms with van der Waals surface area (Å²) >= 11 is 0. The van der Waals surface area contributed by atoms with Gasteiger partial charge in [0.05, 0.1) is 12.0 Å². The number of nitrogens with zero attached hydrogens (tertiary/aromatic N) is 1. The lowest BCUT2D eigenvalue weighted by molar-refractivity contribution is -0.143. The van der Waals surface area contributed by atoms with Crippen LogP contribution < -0.4 is 5.32 Å². The molecule has 126 valence electrons. The predicted octanol–water partition coefficient (Wildman–Crippen LogP) is 2.78. The van der Waals surface area contributed by atoms with E-state index in [1.54, 1.807) is 6.92 Å². The summed E-state index contributed by atoms with van der Waals surface area (Å²) in [6.45, 7) is 4.06. The molecule has 2 rings (SSSR count). The van der Waals surface area contributed by atoms with Crippen molar-refractivity contribution in [1.82, 2.24) is 10.2 Å². The van der Waals surface area contributed by atoms with Gasteiger partial charge in [0.2, 0.25) is 0 Å². The van der Waals surface area contributed by atoms with Crippen LogP contribution in [-0.4, -0.2) is 35.1 Å². The van der Waals surface area contributed by atoms with Gasteiger partial charge in [-0.15, -0.1) is 0 Å². The number of carbonyl (C=O) groups excluding carboxylic acids is 1. The lowest BCUT2D eigenvalue weighted by Crippen LogP contribution is -2.50. The fourth-order valence-electron chi connectivity index (χ4n) is 2.90. The van der Waals surface area contributed by atoms with Crippen LogP contribution in [-0.2, 0) is 4.79 Å². The molecule has 23 heavy (non-hydrogen) atoms. The van der Waals surface area contributed by atoms with Crippen LogP contribution in [0.3, 0.4) is 0 Å². The number of hydrogen-bond donors (Lipinski definition) is 2. The Morgan fingerprint density at radius 3 is 2.65 bits per heavy atom. The standard InChI is InChI=1S/C16H20F2N2O3/c1-9-5-11(15(21)22)8-20(7-9)16(23)19-10(2)13-4-3-12(17)6-14(13)18/h3-4,6,9-11H,5,7-8H2,1-2H3,(H,19,23)(H,21,22). The lowest BCUT2D eigenvalue weighted by Gasteiger charge is -2.35. The number of amides is 2. The number of likely N-dealkylation sites (tertiary alicyclic amines) is 1. The molecule has 3 unspecified atom stereocenters. The first-order valence-corrected chi connectivity index (χ1v) is 7.51. The largest absolute Gasteiger partial charge is 0.481 e. The van der Waals surface area contributed by atoms with E-state index in [-0.39, 0.29) is 18.0 Å². The minimum Gasteiger partial charge on any atom is -0.481 e. The molecule has 2 N–H and O–H groups in total. The maximum Gasteiger partial charge on any atom is 0.317 e. The lowest BCUT2D eigenvalue weighted by atomic mass is 9.91. The Bertz CT molecular complexity index is 609. The minimum absolute atomic E-state index is 0.0773. The summed E-state index contributed by atoms with van der Waals surface area (Å²) in [6, 6.07) is 2.09. The van der Waals surface area contributed by atoms with Crippen LogP contribution in [0.15, 0.2) is 18.2 Å². The van der Waals surface area contributed by atoms with Crippen LogP contribution in [0.4, 0.5) is 13.6 Å². The average molecular weight is 326 g/mol. The zero-order valence-corrected chi connectivity index (χ0v) is 13.1. The number of urea groups is 1. The molecule has 3 atom stereocenters. The molecule has 0 bridgehead atoms. The molecule has 1 aliphatic heterocycles. The number of rotatable bonds is 3. The second-order valence-corrected chi connectivity index (χ2v) is 6.12. The molecule has 0 spiro atoms. The third-order valence-corrected chi connectivity index (χ3v) is 4.07. The van der Waals surface area contributed by atoms with Crippen molar-refractivity contribution in [3.8, 4) is 0 Å². The van der Waals surface area contributed by atoms with E-state index in [0.29, 0.717) is 13.0 Å². The van der Waals surface area contributed by atoms with E-state index in [9.17, 15) is 18.4 Å². The molecule has 0 radical (unpaired) electrons. The summed E-state index contributed by atoms with van der Waals surface area (Å²) in [4.78, 5) is 24.9. The molecule has 2 amide bonds. The number of hydrogen-bond acceptors (Lipinski definition) is 2. The molecule has 0 aliphatic carbocycles. The van der Waals surface area contributed by atoms with Gasteiger partial charge in [-0.2, -0.15) is 0 Å². The van der Waals surface area contributed by atoms with Crippen LogP contribution in [0, 0.1) is 23.5 Å². The minimum atomic E-state index is -0.924. The number of piperidine rings is 1. The fraction of sp³-hybridized carbons (Fsp3) is 0.500. The highest BCUT2D eigenvalue weighted by atomic mass is 19.1. The Balaban J connectivity index is 2.04. The summed E-state index contributed by atoms with van der Waals surface area (Å²) in [5.74, 6) is -2.85. The number of carbonyl (C=O) groups is 2. The molecule has 1 fully saturated rings. The maximum atomic E-state index is 13.7. The molecule has 1 aromatic carbocycles. The van der Waals surface area contributed by atoms with E-state index in [1.165, 1.54) is 11.0 Å². The Hall–Kier alpha value is -2.18. The highest BCUT2D eigenvalue weighted by molar-refractivity contribution is 5.77. The van der Waals surface area contributed by atoms with Gasteiger partial charge < -0.3 is 15.3 Å². The van der Waals surface area contributed by atoms with E-state index in [0.717, 1.165) is 12.1 Å². The zero-order chi connectivity index (χ0) is 17.1. The highest BCUT2D eigenvalue weighted by Gasteiger charge is 2.32. The quantitative estimate of drug-likeness (QED) is 0.897. The Morgan fingerprint density at radius 1 is 1.35 bits per heavy atom. The first kappa shape index (κ1) is 17.2. The predicted molar refractivity (Wildman–Crippen MR) is 79.8 cm³/mol. The number of carboxylic acid groups (broad SMARTS) is 1. The van der Waals surface area contributed by atoms with Gasteiger partial charge in [0.25, 0.3) is 0 Å². The van der Waals surface area contributed by atoms with Crippen LogP contribution >= 0.6 is 0 Å². The maximum absolute atomic E-state index is 13.7. The van der Waals surface area contributed by atoms with E-state index in [4.69, 9.17) is 5.11 Å². The van der Waals surface area contributed by atoms with Crippen LogP contribution in [0.5, 0.6) is 0 Å². The Kier molecular flexibility index (Phi) is 5.18. The molecule has 1 aliphatic rings. The molecule has 1 heterocycles. The van der Waals surface area contributed by atoms with Gasteiger partial charge >= 0.3 is 12.0 Å². The molecule has 5 nitrogen and oxygen atoms in total. The highest BCUT2D eigenvalue weighted by Crippen LogP contribution is 2.23. The molecular formula is C16H20F2N2O3. The van der Waals surface area contributed by atoms with Gasteiger partial charge in [-0.3, -0.25) is 4.79 Å².